The molecule has 4 heteroatoms. The second-order valence-electron chi connectivity index (χ2n) is 7.85. The Balaban J connectivity index is 2.05. The van der Waals surface area contributed by atoms with Gasteiger partial charge in [0.15, 0.2) is 11.5 Å². The van der Waals surface area contributed by atoms with Crippen LogP contribution in [0.1, 0.15) is 52.6 Å². The number of benzene rings is 3. The van der Waals surface area contributed by atoms with Crippen molar-refractivity contribution in [2.45, 2.75) is 33.1 Å². The average molecular weight is 388 g/mol. The van der Waals surface area contributed by atoms with Crippen LogP contribution in [0.2, 0.25) is 0 Å². The predicted molar refractivity (Wildman–Crippen MR) is 113 cm³/mol. The molecule has 3 aromatic rings. The lowest BCUT2D eigenvalue weighted by atomic mass is 9.85. The van der Waals surface area contributed by atoms with E-state index in [0.717, 1.165) is 5.56 Å². The first kappa shape index (κ1) is 20.3. The molecule has 0 atom stereocenters. The van der Waals surface area contributed by atoms with Gasteiger partial charge in [0.25, 0.3) is 0 Å². The van der Waals surface area contributed by atoms with Gasteiger partial charge in [0, 0.05) is 5.56 Å². The SMILES string of the molecule is Cc1ccc(C(C)(C)C)c(OC(=O)c2ccccc2)c1OC(=O)c1ccccc1. The van der Waals surface area contributed by atoms with Gasteiger partial charge in [-0.3, -0.25) is 0 Å². The number of hydrogen-bond acceptors (Lipinski definition) is 4. The zero-order chi connectivity index (χ0) is 21.0. The third kappa shape index (κ3) is 4.72. The molecule has 0 saturated carbocycles. The normalized spacial score (nSPS) is 11.0. The minimum absolute atomic E-state index is 0.260. The van der Waals surface area contributed by atoms with Crippen molar-refractivity contribution in [1.29, 1.82) is 0 Å². The number of rotatable bonds is 4. The molecule has 0 fully saturated rings. The molecule has 0 aliphatic carbocycles. The van der Waals surface area contributed by atoms with Crippen molar-refractivity contribution < 1.29 is 19.1 Å². The third-order valence-electron chi connectivity index (χ3n) is 4.53. The van der Waals surface area contributed by atoms with E-state index in [1.165, 1.54) is 0 Å². The van der Waals surface area contributed by atoms with Gasteiger partial charge in [-0.15, -0.1) is 0 Å². The summed E-state index contributed by atoms with van der Waals surface area (Å²) in [7, 11) is 0. The van der Waals surface area contributed by atoms with Gasteiger partial charge in [-0.05, 0) is 42.2 Å². The van der Waals surface area contributed by atoms with Gasteiger partial charge in [-0.1, -0.05) is 69.3 Å². The maximum atomic E-state index is 12.7. The van der Waals surface area contributed by atoms with Gasteiger partial charge in [0.1, 0.15) is 0 Å². The Morgan fingerprint density at radius 2 is 1.10 bits per heavy atom. The molecular weight excluding hydrogens is 364 g/mol. The molecule has 0 aliphatic rings. The molecule has 0 radical (unpaired) electrons. The van der Waals surface area contributed by atoms with Crippen LogP contribution in [0, 0.1) is 6.92 Å². The summed E-state index contributed by atoms with van der Waals surface area (Å²) in [6.45, 7) is 7.86. The van der Waals surface area contributed by atoms with E-state index in [1.54, 1.807) is 48.5 Å². The van der Waals surface area contributed by atoms with Crippen molar-refractivity contribution in [3.05, 3.63) is 95.1 Å². The Kier molecular flexibility index (Phi) is 5.83. The molecular formula is C25H24O4. The van der Waals surface area contributed by atoms with Crippen molar-refractivity contribution in [1.82, 2.24) is 0 Å². The standard InChI is InChI=1S/C25H24O4/c1-17-15-16-20(25(2,3)4)22(29-24(27)19-13-9-6-10-14-19)21(17)28-23(26)18-11-7-5-8-12-18/h5-16H,1-4H3. The van der Waals surface area contributed by atoms with E-state index >= 15 is 0 Å². The molecule has 29 heavy (non-hydrogen) atoms. The van der Waals surface area contributed by atoms with E-state index in [4.69, 9.17) is 9.47 Å². The largest absolute Gasteiger partial charge is 0.419 e. The van der Waals surface area contributed by atoms with Gasteiger partial charge in [0.05, 0.1) is 11.1 Å². The first-order chi connectivity index (χ1) is 13.8. The minimum atomic E-state index is -0.503. The Morgan fingerprint density at radius 3 is 1.55 bits per heavy atom. The Hall–Kier alpha value is -3.40. The van der Waals surface area contributed by atoms with Gasteiger partial charge in [0.2, 0.25) is 0 Å². The number of aryl methyl sites for hydroxylation is 1. The lowest BCUT2D eigenvalue weighted by Gasteiger charge is -2.25. The molecule has 0 spiro atoms. The quantitative estimate of drug-likeness (QED) is 0.423. The molecule has 0 bridgehead atoms. The van der Waals surface area contributed by atoms with Crippen LogP contribution < -0.4 is 9.47 Å². The van der Waals surface area contributed by atoms with Crippen LogP contribution in [0.25, 0.3) is 0 Å². The molecule has 0 N–H and O–H groups in total. The maximum Gasteiger partial charge on any atom is 0.343 e. The summed E-state index contributed by atoms with van der Waals surface area (Å²) < 4.78 is 11.5. The second-order valence-corrected chi connectivity index (χ2v) is 7.85. The predicted octanol–water partition coefficient (Wildman–Crippen LogP) is 5.73. The fourth-order valence-electron chi connectivity index (χ4n) is 2.93. The number of hydrogen-bond donors (Lipinski definition) is 0. The summed E-state index contributed by atoms with van der Waals surface area (Å²) in [6.07, 6.45) is 0. The molecule has 0 unspecified atom stereocenters. The van der Waals surface area contributed by atoms with Gasteiger partial charge >= 0.3 is 11.9 Å². The van der Waals surface area contributed by atoms with E-state index in [-0.39, 0.29) is 16.9 Å². The highest BCUT2D eigenvalue weighted by Crippen LogP contribution is 2.41. The molecule has 3 aromatic carbocycles. The van der Waals surface area contributed by atoms with Crippen LogP contribution in [-0.2, 0) is 5.41 Å². The topological polar surface area (TPSA) is 52.6 Å². The van der Waals surface area contributed by atoms with Crippen LogP contribution in [-0.4, -0.2) is 11.9 Å². The van der Waals surface area contributed by atoms with E-state index in [9.17, 15) is 9.59 Å². The fraction of sp³-hybridized carbons (Fsp3) is 0.200. The fourth-order valence-corrected chi connectivity index (χ4v) is 2.93. The minimum Gasteiger partial charge on any atom is -0.419 e. The molecule has 4 nitrogen and oxygen atoms in total. The highest BCUT2D eigenvalue weighted by atomic mass is 16.6. The number of ether oxygens (including phenoxy) is 2. The van der Waals surface area contributed by atoms with E-state index in [2.05, 4.69) is 0 Å². The van der Waals surface area contributed by atoms with Crippen LogP contribution in [0.15, 0.2) is 72.8 Å². The lowest BCUT2D eigenvalue weighted by molar-refractivity contribution is 0.0678. The van der Waals surface area contributed by atoms with Crippen LogP contribution in [0.3, 0.4) is 0 Å². The Morgan fingerprint density at radius 1 is 0.655 bits per heavy atom. The zero-order valence-electron chi connectivity index (χ0n) is 17.1. The zero-order valence-corrected chi connectivity index (χ0v) is 17.1. The second kappa shape index (κ2) is 8.31. The summed E-state index contributed by atoms with van der Waals surface area (Å²) >= 11 is 0. The monoisotopic (exact) mass is 388 g/mol. The number of carbonyl (C=O) groups is 2. The van der Waals surface area contributed by atoms with Crippen molar-refractivity contribution in [2.75, 3.05) is 0 Å². The number of carbonyl (C=O) groups excluding carboxylic acids is 2. The highest BCUT2D eigenvalue weighted by Gasteiger charge is 2.27. The first-order valence-corrected chi connectivity index (χ1v) is 9.46. The highest BCUT2D eigenvalue weighted by molar-refractivity contribution is 5.93. The first-order valence-electron chi connectivity index (χ1n) is 9.46. The summed E-state index contributed by atoms with van der Waals surface area (Å²) in [6, 6.07) is 21.2. The maximum absolute atomic E-state index is 12.7. The van der Waals surface area contributed by atoms with E-state index < -0.39 is 11.9 Å². The molecule has 148 valence electrons. The van der Waals surface area contributed by atoms with Gasteiger partial charge in [-0.25, -0.2) is 9.59 Å². The van der Waals surface area contributed by atoms with Gasteiger partial charge in [-0.2, -0.15) is 0 Å². The molecule has 0 saturated heterocycles. The van der Waals surface area contributed by atoms with Crippen molar-refractivity contribution >= 4 is 11.9 Å². The molecule has 0 aromatic heterocycles. The van der Waals surface area contributed by atoms with Crippen LogP contribution in [0.5, 0.6) is 11.5 Å². The molecule has 0 heterocycles. The van der Waals surface area contributed by atoms with Crippen molar-refractivity contribution in [2.24, 2.45) is 0 Å². The van der Waals surface area contributed by atoms with Crippen LogP contribution >= 0.6 is 0 Å². The summed E-state index contributed by atoms with van der Waals surface area (Å²) in [5, 5.41) is 0. The smallest absolute Gasteiger partial charge is 0.343 e. The van der Waals surface area contributed by atoms with Crippen LogP contribution in [0.4, 0.5) is 0 Å². The molecule has 0 aliphatic heterocycles. The summed E-state index contributed by atoms with van der Waals surface area (Å²) in [4.78, 5) is 25.4. The Labute approximate surface area is 171 Å². The Bertz CT molecular complexity index is 1020. The molecule has 3 rings (SSSR count). The average Bonchev–Trinajstić information content (AvgIpc) is 2.70. The lowest BCUT2D eigenvalue weighted by Crippen LogP contribution is -2.19. The van der Waals surface area contributed by atoms with E-state index in [1.807, 2.05) is 52.0 Å². The third-order valence-corrected chi connectivity index (χ3v) is 4.53. The van der Waals surface area contributed by atoms with Gasteiger partial charge < -0.3 is 9.47 Å². The molecule has 0 amide bonds. The van der Waals surface area contributed by atoms with E-state index in [0.29, 0.717) is 16.7 Å². The number of esters is 2. The summed E-state index contributed by atoms with van der Waals surface area (Å²) in [5.41, 5.74) is 2.01. The van der Waals surface area contributed by atoms with Crippen molar-refractivity contribution in [3.63, 3.8) is 0 Å². The van der Waals surface area contributed by atoms with Crippen molar-refractivity contribution in [3.8, 4) is 11.5 Å². The summed E-state index contributed by atoms with van der Waals surface area (Å²) in [5.74, 6) is -0.471.